The Morgan fingerprint density at radius 2 is 1.97 bits per heavy atom. The number of morpholine rings is 1. The summed E-state index contributed by atoms with van der Waals surface area (Å²) in [5, 5.41) is 4.60. The van der Waals surface area contributed by atoms with E-state index in [2.05, 4.69) is 22.2 Å². The number of amides is 2. The number of rotatable bonds is 7. The van der Waals surface area contributed by atoms with Gasteiger partial charge in [0.2, 0.25) is 0 Å². The number of anilines is 1. The average Bonchev–Trinajstić information content (AvgIpc) is 2.74. The molecule has 0 aliphatic carbocycles. The molecule has 1 aliphatic heterocycles. The lowest BCUT2D eigenvalue weighted by Gasteiger charge is -2.32. The zero-order chi connectivity index (χ0) is 20.7. The van der Waals surface area contributed by atoms with Gasteiger partial charge in [0.25, 0.3) is 0 Å². The maximum absolute atomic E-state index is 13.0. The van der Waals surface area contributed by atoms with E-state index in [1.54, 1.807) is 30.6 Å². The van der Waals surface area contributed by atoms with Crippen molar-refractivity contribution in [2.75, 3.05) is 31.6 Å². The summed E-state index contributed by atoms with van der Waals surface area (Å²) in [4.78, 5) is 18.0. The number of urea groups is 1. The molecule has 154 valence electrons. The molecule has 0 radical (unpaired) electrons. The zero-order valence-corrected chi connectivity index (χ0v) is 16.8. The lowest BCUT2D eigenvalue weighted by atomic mass is 10.3. The van der Waals surface area contributed by atoms with Gasteiger partial charge in [-0.1, -0.05) is 12.1 Å². The Balaban J connectivity index is 1.62. The van der Waals surface area contributed by atoms with Crippen molar-refractivity contribution in [2.45, 2.75) is 16.8 Å². The summed E-state index contributed by atoms with van der Waals surface area (Å²) in [7, 11) is -3.63. The number of nitrogens with zero attached hydrogens (tertiary/aromatic N) is 2. The molecule has 2 aromatic rings. The lowest BCUT2D eigenvalue weighted by Crippen LogP contribution is -2.46. The van der Waals surface area contributed by atoms with Gasteiger partial charge in [-0.15, -0.1) is 6.58 Å². The fraction of sp³-hybridized carbons (Fsp3) is 0.300. The van der Waals surface area contributed by atoms with Crippen molar-refractivity contribution >= 4 is 21.6 Å². The Hall–Kier alpha value is -2.75. The minimum atomic E-state index is -3.63. The molecule has 2 amide bonds. The summed E-state index contributed by atoms with van der Waals surface area (Å²) < 4.78 is 31.3. The smallest absolute Gasteiger partial charge is 0.319 e. The molecule has 8 nitrogen and oxygen atoms in total. The van der Waals surface area contributed by atoms with Crippen LogP contribution in [0.2, 0.25) is 0 Å². The van der Waals surface area contributed by atoms with E-state index in [1.165, 1.54) is 18.2 Å². The van der Waals surface area contributed by atoms with Gasteiger partial charge in [0.05, 0.1) is 18.1 Å². The van der Waals surface area contributed by atoms with Crippen molar-refractivity contribution in [3.05, 3.63) is 67.0 Å². The van der Waals surface area contributed by atoms with Crippen molar-refractivity contribution in [1.29, 1.82) is 0 Å². The Labute approximate surface area is 170 Å². The number of sulfone groups is 1. The number of hydrogen-bond acceptors (Lipinski definition) is 6. The van der Waals surface area contributed by atoms with Gasteiger partial charge < -0.3 is 15.4 Å². The Morgan fingerprint density at radius 1 is 1.24 bits per heavy atom. The molecule has 3 rings (SSSR count). The molecular weight excluding hydrogens is 392 g/mol. The summed E-state index contributed by atoms with van der Waals surface area (Å²) in [6.07, 6.45) is 4.78. The monoisotopic (exact) mass is 416 g/mol. The van der Waals surface area contributed by atoms with Gasteiger partial charge in [-0.05, 0) is 35.9 Å². The highest BCUT2D eigenvalue weighted by Gasteiger charge is 2.31. The third kappa shape index (κ3) is 5.41. The molecule has 0 spiro atoms. The molecule has 1 atom stereocenters. The van der Waals surface area contributed by atoms with Gasteiger partial charge >= 0.3 is 6.03 Å². The van der Waals surface area contributed by atoms with E-state index in [-0.39, 0.29) is 10.9 Å². The van der Waals surface area contributed by atoms with Gasteiger partial charge in [0, 0.05) is 37.7 Å². The highest BCUT2D eigenvalue weighted by Crippen LogP contribution is 2.22. The maximum Gasteiger partial charge on any atom is 0.319 e. The Bertz CT molecular complexity index is 927. The summed E-state index contributed by atoms with van der Waals surface area (Å²) in [5.41, 5.74) is 1.37. The molecule has 0 bridgehead atoms. The van der Waals surface area contributed by atoms with Crippen molar-refractivity contribution in [3.8, 4) is 0 Å². The molecule has 0 saturated carbocycles. The number of ether oxygens (including phenoxy) is 1. The lowest BCUT2D eigenvalue weighted by molar-refractivity contribution is 0.0374. The van der Waals surface area contributed by atoms with E-state index in [4.69, 9.17) is 4.74 Å². The van der Waals surface area contributed by atoms with Crippen LogP contribution in [0, 0.1) is 0 Å². The third-order valence-corrected chi connectivity index (χ3v) is 6.60. The summed E-state index contributed by atoms with van der Waals surface area (Å²) >= 11 is 0. The Morgan fingerprint density at radius 3 is 2.59 bits per heavy atom. The molecule has 1 fully saturated rings. The second kappa shape index (κ2) is 9.64. The number of hydrogen-bond donors (Lipinski definition) is 2. The van der Waals surface area contributed by atoms with Crippen molar-refractivity contribution in [2.24, 2.45) is 0 Å². The van der Waals surface area contributed by atoms with Crippen molar-refractivity contribution in [3.63, 3.8) is 0 Å². The summed E-state index contributed by atoms with van der Waals surface area (Å²) in [6, 6.07) is 9.37. The first-order valence-electron chi connectivity index (χ1n) is 9.23. The largest absolute Gasteiger partial charge is 0.379 e. The average molecular weight is 417 g/mol. The summed E-state index contributed by atoms with van der Waals surface area (Å²) in [6.45, 7) is 6.10. The fourth-order valence-electron chi connectivity index (χ4n) is 3.03. The van der Waals surface area contributed by atoms with E-state index in [0.717, 1.165) is 5.56 Å². The first kappa shape index (κ1) is 21.0. The normalized spacial score (nSPS) is 16.0. The molecule has 1 unspecified atom stereocenters. The number of benzene rings is 1. The quantitative estimate of drug-likeness (QED) is 0.670. The van der Waals surface area contributed by atoms with Crippen LogP contribution in [-0.2, 0) is 21.1 Å². The van der Waals surface area contributed by atoms with Gasteiger partial charge in [-0.25, -0.2) is 13.2 Å². The molecule has 2 heterocycles. The second-order valence-electron chi connectivity index (χ2n) is 6.51. The van der Waals surface area contributed by atoms with Crippen LogP contribution in [0.15, 0.2) is 66.3 Å². The van der Waals surface area contributed by atoms with Crippen LogP contribution >= 0.6 is 0 Å². The van der Waals surface area contributed by atoms with E-state index in [1.807, 2.05) is 11.0 Å². The highest BCUT2D eigenvalue weighted by atomic mass is 32.2. The standard InChI is InChI=1S/C20H24N4O4S/c1-2-19(24-10-12-28-13-11-24)29(26,27)18-7-5-17(6-8-18)23-20(25)22-15-16-4-3-9-21-14-16/h2-9,14,19H,1,10-13,15H2,(H2,22,23,25). The maximum atomic E-state index is 13.0. The zero-order valence-electron chi connectivity index (χ0n) is 16.0. The number of carbonyl (C=O) groups excluding carboxylic acids is 1. The van der Waals surface area contributed by atoms with Crippen LogP contribution in [0.25, 0.3) is 0 Å². The summed E-state index contributed by atoms with van der Waals surface area (Å²) in [5.74, 6) is 0. The minimum absolute atomic E-state index is 0.176. The number of aromatic nitrogens is 1. The second-order valence-corrected chi connectivity index (χ2v) is 8.56. The molecule has 2 N–H and O–H groups in total. The van der Waals surface area contributed by atoms with Crippen LogP contribution in [0.4, 0.5) is 10.5 Å². The number of carbonyl (C=O) groups is 1. The van der Waals surface area contributed by atoms with Gasteiger partial charge in [0.1, 0.15) is 5.37 Å². The van der Waals surface area contributed by atoms with Gasteiger partial charge in [0.15, 0.2) is 9.84 Å². The first-order valence-corrected chi connectivity index (χ1v) is 10.8. The fourth-order valence-corrected chi connectivity index (χ4v) is 4.68. The van der Waals surface area contributed by atoms with Crippen LogP contribution in [-0.4, -0.2) is 56.0 Å². The van der Waals surface area contributed by atoms with Crippen LogP contribution < -0.4 is 10.6 Å². The van der Waals surface area contributed by atoms with E-state index < -0.39 is 15.2 Å². The molecular formula is C20H24N4O4S. The van der Waals surface area contributed by atoms with Crippen molar-refractivity contribution in [1.82, 2.24) is 15.2 Å². The molecule has 1 aromatic heterocycles. The van der Waals surface area contributed by atoms with E-state index >= 15 is 0 Å². The van der Waals surface area contributed by atoms with Crippen LogP contribution in [0.3, 0.4) is 0 Å². The van der Waals surface area contributed by atoms with E-state index in [9.17, 15) is 13.2 Å². The molecule has 1 aromatic carbocycles. The number of nitrogens with one attached hydrogen (secondary N) is 2. The van der Waals surface area contributed by atoms with Gasteiger partial charge in [-0.3, -0.25) is 9.88 Å². The number of pyridine rings is 1. The molecule has 1 saturated heterocycles. The highest BCUT2D eigenvalue weighted by molar-refractivity contribution is 7.92. The van der Waals surface area contributed by atoms with E-state index in [0.29, 0.717) is 38.5 Å². The predicted molar refractivity (Wildman–Crippen MR) is 110 cm³/mol. The predicted octanol–water partition coefficient (Wildman–Crippen LogP) is 2.02. The topological polar surface area (TPSA) is 101 Å². The Kier molecular flexibility index (Phi) is 6.97. The van der Waals surface area contributed by atoms with Crippen LogP contribution in [0.5, 0.6) is 0 Å². The minimum Gasteiger partial charge on any atom is -0.379 e. The molecule has 1 aliphatic rings. The third-order valence-electron chi connectivity index (χ3n) is 4.54. The molecule has 29 heavy (non-hydrogen) atoms. The van der Waals surface area contributed by atoms with Crippen molar-refractivity contribution < 1.29 is 17.9 Å². The van der Waals surface area contributed by atoms with Crippen LogP contribution in [0.1, 0.15) is 5.56 Å². The van der Waals surface area contributed by atoms with Gasteiger partial charge in [-0.2, -0.15) is 0 Å². The SMILES string of the molecule is C=CC(N1CCOCC1)S(=O)(=O)c1ccc(NC(=O)NCc2cccnc2)cc1. The first-order chi connectivity index (χ1) is 14.0. The molecule has 9 heteroatoms.